The Morgan fingerprint density at radius 2 is 1.17 bits per heavy atom. The van der Waals surface area contributed by atoms with Crippen molar-refractivity contribution in [1.82, 2.24) is 9.97 Å². The van der Waals surface area contributed by atoms with E-state index in [1.807, 2.05) is 52.0 Å². The first-order valence-corrected chi connectivity index (χ1v) is 6.16. The maximum Gasteiger partial charge on any atom is 0.278 e. The minimum atomic E-state index is 0.0370. The smallest absolute Gasteiger partial charge is 0.278 e. The summed E-state index contributed by atoms with van der Waals surface area (Å²) >= 11 is 0. The van der Waals surface area contributed by atoms with E-state index in [4.69, 9.17) is 9.47 Å². The van der Waals surface area contributed by atoms with E-state index < -0.39 is 0 Å². The molecule has 0 unspecified atom stereocenters. The molecule has 0 saturated carbocycles. The van der Waals surface area contributed by atoms with Crippen LogP contribution in [0.15, 0.2) is 24.3 Å². The van der Waals surface area contributed by atoms with Crippen LogP contribution in [0.2, 0.25) is 0 Å². The summed E-state index contributed by atoms with van der Waals surface area (Å²) in [6.07, 6.45) is 0.0740. The highest BCUT2D eigenvalue weighted by Gasteiger charge is 2.14. The highest BCUT2D eigenvalue weighted by molar-refractivity contribution is 5.75. The molecule has 0 spiro atoms. The minimum Gasteiger partial charge on any atom is -0.471 e. The molecule has 0 saturated heterocycles. The van der Waals surface area contributed by atoms with E-state index in [1.165, 1.54) is 0 Å². The molecule has 0 aliphatic rings. The van der Waals surface area contributed by atoms with Gasteiger partial charge in [-0.05, 0) is 39.8 Å². The van der Waals surface area contributed by atoms with Gasteiger partial charge in [0.1, 0.15) is 0 Å². The highest BCUT2D eigenvalue weighted by atomic mass is 16.5. The van der Waals surface area contributed by atoms with Crippen molar-refractivity contribution in [2.45, 2.75) is 39.9 Å². The molecule has 1 aromatic carbocycles. The van der Waals surface area contributed by atoms with E-state index in [1.54, 1.807) is 0 Å². The van der Waals surface area contributed by atoms with E-state index in [9.17, 15) is 0 Å². The molecule has 0 aliphatic carbocycles. The van der Waals surface area contributed by atoms with Crippen molar-refractivity contribution in [2.24, 2.45) is 0 Å². The fourth-order valence-corrected chi connectivity index (χ4v) is 1.57. The van der Waals surface area contributed by atoms with Crippen LogP contribution in [0, 0.1) is 0 Å². The number of aromatic nitrogens is 2. The van der Waals surface area contributed by atoms with Crippen LogP contribution in [0.4, 0.5) is 0 Å². The number of benzene rings is 1. The van der Waals surface area contributed by atoms with E-state index in [0.717, 1.165) is 11.0 Å². The molecule has 0 aliphatic heterocycles. The lowest BCUT2D eigenvalue weighted by Gasteiger charge is -2.15. The predicted molar refractivity (Wildman–Crippen MR) is 71.1 cm³/mol. The molecular formula is C14H18N2O2. The van der Waals surface area contributed by atoms with Crippen LogP contribution in [-0.4, -0.2) is 22.2 Å². The summed E-state index contributed by atoms with van der Waals surface area (Å²) < 4.78 is 11.3. The number of ether oxygens (including phenoxy) is 2. The second-order valence-corrected chi connectivity index (χ2v) is 4.66. The van der Waals surface area contributed by atoms with Gasteiger partial charge in [0.05, 0.1) is 23.2 Å². The van der Waals surface area contributed by atoms with Gasteiger partial charge in [0.25, 0.3) is 11.8 Å². The summed E-state index contributed by atoms with van der Waals surface area (Å²) in [5.74, 6) is 0.912. The lowest BCUT2D eigenvalue weighted by molar-refractivity contribution is 0.186. The van der Waals surface area contributed by atoms with Crippen LogP contribution in [0.5, 0.6) is 11.8 Å². The van der Waals surface area contributed by atoms with Crippen molar-refractivity contribution in [2.75, 3.05) is 0 Å². The normalized spacial score (nSPS) is 11.2. The highest BCUT2D eigenvalue weighted by Crippen LogP contribution is 2.27. The van der Waals surface area contributed by atoms with E-state index in [-0.39, 0.29) is 12.2 Å². The number of nitrogens with zero attached hydrogens (tertiary/aromatic N) is 2. The first-order chi connectivity index (χ1) is 8.56. The minimum absolute atomic E-state index is 0.0370. The number of rotatable bonds is 4. The van der Waals surface area contributed by atoms with Crippen molar-refractivity contribution in [1.29, 1.82) is 0 Å². The summed E-state index contributed by atoms with van der Waals surface area (Å²) in [4.78, 5) is 8.92. The molecule has 4 nitrogen and oxygen atoms in total. The Kier molecular flexibility index (Phi) is 3.65. The molecule has 2 rings (SSSR count). The van der Waals surface area contributed by atoms with Crippen LogP contribution < -0.4 is 9.47 Å². The standard InChI is InChI=1S/C14H18N2O2/c1-9(2)17-13-14(18-10(3)4)16-12-8-6-5-7-11(12)15-13/h5-10H,1-4H3. The Hall–Kier alpha value is -1.84. The molecular weight excluding hydrogens is 228 g/mol. The predicted octanol–water partition coefficient (Wildman–Crippen LogP) is 3.20. The number of fused-ring (bicyclic) bond motifs is 1. The molecule has 2 aromatic rings. The molecule has 1 heterocycles. The zero-order chi connectivity index (χ0) is 13.1. The van der Waals surface area contributed by atoms with Crippen molar-refractivity contribution >= 4 is 11.0 Å². The van der Waals surface area contributed by atoms with Crippen LogP contribution in [0.25, 0.3) is 11.0 Å². The Labute approximate surface area is 107 Å². The summed E-state index contributed by atoms with van der Waals surface area (Å²) in [6, 6.07) is 7.68. The van der Waals surface area contributed by atoms with Gasteiger partial charge in [-0.25, -0.2) is 9.97 Å². The lowest BCUT2D eigenvalue weighted by Crippen LogP contribution is -2.13. The lowest BCUT2D eigenvalue weighted by atomic mass is 10.3. The fraction of sp³-hybridized carbons (Fsp3) is 0.429. The van der Waals surface area contributed by atoms with Crippen molar-refractivity contribution < 1.29 is 9.47 Å². The zero-order valence-electron chi connectivity index (χ0n) is 11.2. The van der Waals surface area contributed by atoms with Gasteiger partial charge in [0, 0.05) is 0 Å². The van der Waals surface area contributed by atoms with Gasteiger partial charge >= 0.3 is 0 Å². The number of hydrogen-bond acceptors (Lipinski definition) is 4. The maximum atomic E-state index is 5.66. The van der Waals surface area contributed by atoms with Gasteiger partial charge in [0.2, 0.25) is 0 Å². The largest absolute Gasteiger partial charge is 0.471 e. The second kappa shape index (κ2) is 5.21. The first kappa shape index (κ1) is 12.6. The molecule has 96 valence electrons. The maximum absolute atomic E-state index is 5.66. The Morgan fingerprint density at radius 3 is 1.50 bits per heavy atom. The second-order valence-electron chi connectivity index (χ2n) is 4.66. The summed E-state index contributed by atoms with van der Waals surface area (Å²) in [7, 11) is 0. The SMILES string of the molecule is CC(C)Oc1nc2ccccc2nc1OC(C)C. The summed E-state index contributed by atoms with van der Waals surface area (Å²) in [5, 5.41) is 0. The van der Waals surface area contributed by atoms with Gasteiger partial charge in [0.15, 0.2) is 0 Å². The van der Waals surface area contributed by atoms with Crippen molar-refractivity contribution in [3.05, 3.63) is 24.3 Å². The van der Waals surface area contributed by atoms with Gasteiger partial charge in [-0.1, -0.05) is 12.1 Å². The topological polar surface area (TPSA) is 44.2 Å². The summed E-state index contributed by atoms with van der Waals surface area (Å²) in [5.41, 5.74) is 1.62. The van der Waals surface area contributed by atoms with Crippen LogP contribution in [0.3, 0.4) is 0 Å². The number of hydrogen-bond donors (Lipinski definition) is 0. The average Bonchev–Trinajstić information content (AvgIpc) is 2.28. The molecule has 0 bridgehead atoms. The number of para-hydroxylation sites is 2. The van der Waals surface area contributed by atoms with Gasteiger partial charge < -0.3 is 9.47 Å². The summed E-state index contributed by atoms with van der Waals surface area (Å²) in [6.45, 7) is 7.82. The third kappa shape index (κ3) is 2.88. The zero-order valence-corrected chi connectivity index (χ0v) is 11.2. The van der Waals surface area contributed by atoms with Gasteiger partial charge in [-0.2, -0.15) is 0 Å². The quantitative estimate of drug-likeness (QED) is 0.831. The van der Waals surface area contributed by atoms with Crippen LogP contribution >= 0.6 is 0 Å². The van der Waals surface area contributed by atoms with E-state index in [2.05, 4.69) is 9.97 Å². The molecule has 0 radical (unpaired) electrons. The molecule has 0 atom stereocenters. The molecule has 1 aromatic heterocycles. The van der Waals surface area contributed by atoms with Crippen molar-refractivity contribution in [3.63, 3.8) is 0 Å². The molecule has 0 N–H and O–H groups in total. The fourth-order valence-electron chi connectivity index (χ4n) is 1.57. The molecule has 0 amide bonds. The van der Waals surface area contributed by atoms with E-state index in [0.29, 0.717) is 11.8 Å². The third-order valence-electron chi connectivity index (χ3n) is 2.20. The van der Waals surface area contributed by atoms with Crippen LogP contribution in [-0.2, 0) is 0 Å². The molecule has 18 heavy (non-hydrogen) atoms. The van der Waals surface area contributed by atoms with Crippen LogP contribution in [0.1, 0.15) is 27.7 Å². The first-order valence-electron chi connectivity index (χ1n) is 6.16. The molecule has 0 fully saturated rings. The third-order valence-corrected chi connectivity index (χ3v) is 2.20. The Bertz CT molecular complexity index is 490. The Morgan fingerprint density at radius 1 is 0.778 bits per heavy atom. The average molecular weight is 246 g/mol. The van der Waals surface area contributed by atoms with Gasteiger partial charge in [-0.3, -0.25) is 0 Å². The molecule has 4 heteroatoms. The Balaban J connectivity index is 2.48. The van der Waals surface area contributed by atoms with Gasteiger partial charge in [-0.15, -0.1) is 0 Å². The van der Waals surface area contributed by atoms with E-state index >= 15 is 0 Å². The monoisotopic (exact) mass is 246 g/mol. The van der Waals surface area contributed by atoms with Crippen molar-refractivity contribution in [3.8, 4) is 11.8 Å².